The molecule has 2 fully saturated rings. The van der Waals surface area contributed by atoms with Gasteiger partial charge in [0.2, 0.25) is 0 Å². The Morgan fingerprint density at radius 1 is 1.41 bits per heavy atom. The first-order chi connectivity index (χ1) is 10.6. The molecule has 2 heterocycles. The lowest BCUT2D eigenvalue weighted by molar-refractivity contribution is -0.124. The van der Waals surface area contributed by atoms with E-state index in [1.807, 2.05) is 17.7 Å². The third-order valence-electron chi connectivity index (χ3n) is 4.59. The highest BCUT2D eigenvalue weighted by atomic mass is 32.1. The van der Waals surface area contributed by atoms with Crippen LogP contribution in [-0.2, 0) is 11.3 Å². The van der Waals surface area contributed by atoms with Crippen LogP contribution in [-0.4, -0.2) is 31.7 Å². The molecule has 0 radical (unpaired) electrons. The fraction of sp³-hybridized carbons (Fsp3) is 0.562. The first-order valence-corrected chi connectivity index (χ1v) is 8.41. The average molecular weight is 318 g/mol. The third kappa shape index (κ3) is 2.67. The van der Waals surface area contributed by atoms with Crippen LogP contribution in [0.15, 0.2) is 11.9 Å². The molecule has 118 valence electrons. The zero-order valence-corrected chi connectivity index (χ0v) is 13.9. The second kappa shape index (κ2) is 6.20. The minimum Gasteiger partial charge on any atom is -0.328 e. The van der Waals surface area contributed by atoms with Gasteiger partial charge in [-0.1, -0.05) is 19.3 Å². The Kier molecular flexibility index (Phi) is 4.29. The van der Waals surface area contributed by atoms with Gasteiger partial charge >= 0.3 is 0 Å². The van der Waals surface area contributed by atoms with E-state index in [0.717, 1.165) is 30.6 Å². The summed E-state index contributed by atoms with van der Waals surface area (Å²) in [5.41, 5.74) is 2.59. The van der Waals surface area contributed by atoms with Crippen molar-refractivity contribution in [1.29, 1.82) is 0 Å². The van der Waals surface area contributed by atoms with Crippen LogP contribution in [0.2, 0.25) is 0 Å². The van der Waals surface area contributed by atoms with Crippen LogP contribution in [0.1, 0.15) is 50.3 Å². The number of aryl methyl sites for hydroxylation is 1. The van der Waals surface area contributed by atoms with Gasteiger partial charge in [0.05, 0.1) is 6.20 Å². The summed E-state index contributed by atoms with van der Waals surface area (Å²) in [4.78, 5) is 14.5. The van der Waals surface area contributed by atoms with Crippen molar-refractivity contribution in [3.05, 3.63) is 23.2 Å². The Balaban J connectivity index is 1.83. The average Bonchev–Trinajstić information content (AvgIpc) is 3.01. The largest absolute Gasteiger partial charge is 0.328 e. The van der Waals surface area contributed by atoms with Gasteiger partial charge in [-0.25, -0.2) is 0 Å². The van der Waals surface area contributed by atoms with Gasteiger partial charge < -0.3 is 5.32 Å². The summed E-state index contributed by atoms with van der Waals surface area (Å²) in [5, 5.41) is 7.95. The predicted molar refractivity (Wildman–Crippen MR) is 90.1 cm³/mol. The zero-order valence-electron chi connectivity index (χ0n) is 13.1. The number of thiocarbonyl (C=S) groups is 1. The summed E-state index contributed by atoms with van der Waals surface area (Å²) in [5.74, 6) is 0.000508. The summed E-state index contributed by atoms with van der Waals surface area (Å²) in [6, 6.07) is 0.256. The van der Waals surface area contributed by atoms with Gasteiger partial charge in [0.25, 0.3) is 5.91 Å². The van der Waals surface area contributed by atoms with Crippen LogP contribution in [0.5, 0.6) is 0 Å². The number of rotatable bonds is 3. The predicted octanol–water partition coefficient (Wildman–Crippen LogP) is 2.60. The zero-order chi connectivity index (χ0) is 15.7. The van der Waals surface area contributed by atoms with Crippen molar-refractivity contribution < 1.29 is 4.79 Å². The van der Waals surface area contributed by atoms with Gasteiger partial charge in [-0.3, -0.25) is 14.4 Å². The quantitative estimate of drug-likeness (QED) is 0.687. The molecule has 1 saturated carbocycles. The molecule has 6 heteroatoms. The maximum Gasteiger partial charge on any atom is 0.276 e. The molecular formula is C16H22N4OS. The molecule has 1 aromatic rings. The van der Waals surface area contributed by atoms with Crippen molar-refractivity contribution in [1.82, 2.24) is 20.0 Å². The van der Waals surface area contributed by atoms with Gasteiger partial charge in [0.15, 0.2) is 5.11 Å². The topological polar surface area (TPSA) is 50.2 Å². The molecule has 0 bridgehead atoms. The lowest BCUT2D eigenvalue weighted by Gasteiger charge is -2.29. The molecule has 0 unspecified atom stereocenters. The van der Waals surface area contributed by atoms with Crippen molar-refractivity contribution in [2.24, 2.45) is 0 Å². The van der Waals surface area contributed by atoms with E-state index in [2.05, 4.69) is 17.3 Å². The molecule has 2 aliphatic rings. The third-order valence-corrected chi connectivity index (χ3v) is 4.89. The Morgan fingerprint density at radius 2 is 2.14 bits per heavy atom. The Labute approximate surface area is 136 Å². The highest BCUT2D eigenvalue weighted by Gasteiger charge is 2.36. The Hall–Kier alpha value is -1.69. The molecule has 3 rings (SSSR count). The second-order valence-corrected chi connectivity index (χ2v) is 6.34. The second-order valence-electron chi connectivity index (χ2n) is 5.96. The Morgan fingerprint density at radius 3 is 2.77 bits per heavy atom. The monoisotopic (exact) mass is 318 g/mol. The van der Waals surface area contributed by atoms with Crippen molar-refractivity contribution >= 4 is 29.3 Å². The normalized spacial score (nSPS) is 21.7. The van der Waals surface area contributed by atoms with E-state index in [4.69, 9.17) is 12.2 Å². The van der Waals surface area contributed by atoms with Crippen molar-refractivity contribution in [3.63, 3.8) is 0 Å². The molecule has 0 atom stereocenters. The number of carbonyl (C=O) groups is 1. The minimum absolute atomic E-state index is 0.000508. The SMILES string of the molecule is CCn1ncc(/C=C2/NC(=S)N(C3CCCCC3)C2=O)c1C. The van der Waals surface area contributed by atoms with E-state index in [-0.39, 0.29) is 11.9 Å². The van der Waals surface area contributed by atoms with E-state index >= 15 is 0 Å². The molecule has 5 nitrogen and oxygen atoms in total. The first-order valence-electron chi connectivity index (χ1n) is 8.00. The number of nitrogens with one attached hydrogen (secondary N) is 1. The molecule has 1 amide bonds. The van der Waals surface area contributed by atoms with Gasteiger partial charge in [-0.15, -0.1) is 0 Å². The fourth-order valence-electron chi connectivity index (χ4n) is 3.30. The Bertz CT molecular complexity index is 628. The molecule has 1 aliphatic heterocycles. The first kappa shape index (κ1) is 15.2. The molecule has 1 saturated heterocycles. The van der Waals surface area contributed by atoms with E-state index < -0.39 is 0 Å². The van der Waals surface area contributed by atoms with Crippen LogP contribution in [0, 0.1) is 6.92 Å². The minimum atomic E-state index is 0.000508. The summed E-state index contributed by atoms with van der Waals surface area (Å²) in [6.07, 6.45) is 9.38. The number of aromatic nitrogens is 2. The molecule has 1 aromatic heterocycles. The standard InChI is InChI=1S/C16H22N4OS/c1-3-19-11(2)12(10-17-19)9-14-15(21)20(16(22)18-14)13-7-5-4-6-8-13/h9-10,13H,3-8H2,1-2H3,(H,18,22)/b14-9+. The highest BCUT2D eigenvalue weighted by molar-refractivity contribution is 7.80. The molecule has 1 aliphatic carbocycles. The lowest BCUT2D eigenvalue weighted by atomic mass is 9.94. The molecule has 22 heavy (non-hydrogen) atoms. The summed E-state index contributed by atoms with van der Waals surface area (Å²) in [6.45, 7) is 4.89. The molecule has 0 aromatic carbocycles. The van der Waals surface area contributed by atoms with Crippen molar-refractivity contribution in [2.75, 3.05) is 0 Å². The van der Waals surface area contributed by atoms with E-state index in [1.54, 1.807) is 11.1 Å². The molecular weight excluding hydrogens is 296 g/mol. The maximum absolute atomic E-state index is 12.7. The van der Waals surface area contributed by atoms with Gasteiger partial charge in [0.1, 0.15) is 5.70 Å². The summed E-state index contributed by atoms with van der Waals surface area (Å²) in [7, 11) is 0. The van der Waals surface area contributed by atoms with Crippen LogP contribution in [0.4, 0.5) is 0 Å². The maximum atomic E-state index is 12.7. The van der Waals surface area contributed by atoms with Gasteiger partial charge in [-0.2, -0.15) is 5.10 Å². The molecule has 1 N–H and O–H groups in total. The van der Waals surface area contributed by atoms with Crippen molar-refractivity contribution in [2.45, 2.75) is 58.5 Å². The van der Waals surface area contributed by atoms with Crippen LogP contribution >= 0.6 is 12.2 Å². The smallest absolute Gasteiger partial charge is 0.276 e. The molecule has 0 spiro atoms. The number of nitrogens with zero attached hydrogens (tertiary/aromatic N) is 3. The van der Waals surface area contributed by atoms with Crippen LogP contribution in [0.25, 0.3) is 6.08 Å². The van der Waals surface area contributed by atoms with Crippen molar-refractivity contribution in [3.8, 4) is 0 Å². The van der Waals surface area contributed by atoms with Gasteiger partial charge in [0, 0.05) is 23.8 Å². The number of hydrogen-bond acceptors (Lipinski definition) is 3. The van der Waals surface area contributed by atoms with E-state index in [9.17, 15) is 4.79 Å². The van der Waals surface area contributed by atoms with Gasteiger partial charge in [-0.05, 0) is 45.0 Å². The highest BCUT2D eigenvalue weighted by Crippen LogP contribution is 2.27. The summed E-state index contributed by atoms with van der Waals surface area (Å²) < 4.78 is 1.92. The lowest BCUT2D eigenvalue weighted by Crippen LogP contribution is -2.41. The fourth-order valence-corrected chi connectivity index (χ4v) is 3.64. The number of hydrogen-bond donors (Lipinski definition) is 1. The number of carbonyl (C=O) groups excluding carboxylic acids is 1. The van der Waals surface area contributed by atoms with E-state index in [0.29, 0.717) is 10.8 Å². The summed E-state index contributed by atoms with van der Waals surface area (Å²) >= 11 is 5.38. The van der Waals surface area contributed by atoms with Crippen LogP contribution < -0.4 is 5.32 Å². The van der Waals surface area contributed by atoms with Crippen LogP contribution in [0.3, 0.4) is 0 Å². The number of amides is 1. The van der Waals surface area contributed by atoms with E-state index in [1.165, 1.54) is 19.3 Å².